The van der Waals surface area contributed by atoms with Crippen LogP contribution < -0.4 is 20.2 Å². The molecule has 0 aromatic heterocycles. The number of carbonyl (C=O) groups is 2. The fourth-order valence-corrected chi connectivity index (χ4v) is 4.57. The minimum absolute atomic E-state index is 0.0367. The molecular formula is C22H21BrN4O4. The molecular weight excluding hydrogens is 464 g/mol. The number of halogens is 1. The quantitative estimate of drug-likeness (QED) is 0.693. The van der Waals surface area contributed by atoms with Gasteiger partial charge in [-0.25, -0.2) is 5.43 Å². The molecule has 1 fully saturated rings. The van der Waals surface area contributed by atoms with Crippen LogP contribution in [0.4, 0.5) is 5.69 Å². The lowest BCUT2D eigenvalue weighted by molar-refractivity contribution is -0.137. The molecule has 160 valence electrons. The molecule has 0 saturated carbocycles. The predicted molar refractivity (Wildman–Crippen MR) is 117 cm³/mol. The van der Waals surface area contributed by atoms with E-state index in [4.69, 9.17) is 9.47 Å². The van der Waals surface area contributed by atoms with Gasteiger partial charge in [-0.2, -0.15) is 0 Å². The number of hydrogen-bond donors (Lipinski definition) is 2. The summed E-state index contributed by atoms with van der Waals surface area (Å²) in [5.41, 5.74) is 6.14. The average Bonchev–Trinajstić information content (AvgIpc) is 3.39. The van der Waals surface area contributed by atoms with Crippen molar-refractivity contribution in [3.05, 3.63) is 64.4 Å². The monoisotopic (exact) mass is 484 g/mol. The van der Waals surface area contributed by atoms with Crippen molar-refractivity contribution in [2.75, 3.05) is 18.7 Å². The van der Waals surface area contributed by atoms with Crippen molar-refractivity contribution in [2.45, 2.75) is 25.4 Å². The molecule has 0 spiro atoms. The van der Waals surface area contributed by atoms with Gasteiger partial charge in [-0.05, 0) is 64.7 Å². The molecule has 2 amide bonds. The van der Waals surface area contributed by atoms with Crippen LogP contribution in [0.3, 0.4) is 0 Å². The summed E-state index contributed by atoms with van der Waals surface area (Å²) in [6.07, 6.45) is 4.02. The van der Waals surface area contributed by atoms with Gasteiger partial charge < -0.3 is 24.7 Å². The molecule has 9 heteroatoms. The van der Waals surface area contributed by atoms with Gasteiger partial charge in [0.2, 0.25) is 12.7 Å². The third-order valence-corrected chi connectivity index (χ3v) is 6.24. The molecule has 3 aliphatic rings. The zero-order valence-corrected chi connectivity index (χ0v) is 18.4. The Morgan fingerprint density at radius 2 is 2.03 bits per heavy atom. The first-order chi connectivity index (χ1) is 15.0. The van der Waals surface area contributed by atoms with Gasteiger partial charge >= 0.3 is 0 Å². The number of anilines is 1. The normalized spacial score (nSPS) is 21.4. The Morgan fingerprint density at radius 3 is 2.87 bits per heavy atom. The summed E-state index contributed by atoms with van der Waals surface area (Å²) in [6.45, 7) is 2.16. The fourth-order valence-electron chi connectivity index (χ4n) is 3.98. The minimum Gasteiger partial charge on any atom is -0.454 e. The molecule has 3 aliphatic heterocycles. The second-order valence-electron chi connectivity index (χ2n) is 7.75. The van der Waals surface area contributed by atoms with Crippen LogP contribution in [-0.4, -0.2) is 41.1 Å². The molecule has 2 N–H and O–H groups in total. The van der Waals surface area contributed by atoms with E-state index in [-0.39, 0.29) is 37.2 Å². The van der Waals surface area contributed by atoms with E-state index in [0.717, 1.165) is 21.3 Å². The highest BCUT2D eigenvalue weighted by Crippen LogP contribution is 2.37. The number of fused-ring (bicyclic) bond motifs is 2. The van der Waals surface area contributed by atoms with Crippen LogP contribution in [-0.2, 0) is 9.59 Å². The van der Waals surface area contributed by atoms with Crippen molar-refractivity contribution in [1.29, 1.82) is 0 Å². The van der Waals surface area contributed by atoms with Crippen molar-refractivity contribution < 1.29 is 19.1 Å². The Hall–Kier alpha value is -3.04. The Kier molecular flexibility index (Phi) is 5.07. The van der Waals surface area contributed by atoms with Crippen LogP contribution in [0.25, 0.3) is 0 Å². The summed E-state index contributed by atoms with van der Waals surface area (Å²) in [5, 5.41) is 4.66. The van der Waals surface area contributed by atoms with Crippen LogP contribution in [0.15, 0.2) is 53.3 Å². The number of benzene rings is 2. The van der Waals surface area contributed by atoms with Crippen molar-refractivity contribution in [2.24, 2.45) is 0 Å². The Labute approximate surface area is 187 Å². The van der Waals surface area contributed by atoms with E-state index < -0.39 is 0 Å². The lowest BCUT2D eigenvalue weighted by Crippen LogP contribution is -2.49. The van der Waals surface area contributed by atoms with Crippen molar-refractivity contribution in [3.8, 4) is 11.5 Å². The molecule has 2 aromatic carbocycles. The van der Waals surface area contributed by atoms with Gasteiger partial charge in [0.25, 0.3) is 5.91 Å². The number of nitrogens with one attached hydrogen (secondary N) is 2. The largest absolute Gasteiger partial charge is 0.454 e. The maximum atomic E-state index is 13.0. The molecule has 0 bridgehead atoms. The summed E-state index contributed by atoms with van der Waals surface area (Å²) in [5.74, 6) is 1.07. The van der Waals surface area contributed by atoms with Crippen LogP contribution in [0.2, 0.25) is 0 Å². The smallest absolute Gasteiger partial charge is 0.251 e. The number of hydrogen-bond acceptors (Lipinski definition) is 6. The molecule has 8 nitrogen and oxygen atoms in total. The first kappa shape index (κ1) is 19.9. The van der Waals surface area contributed by atoms with Gasteiger partial charge in [-0.3, -0.25) is 9.59 Å². The third kappa shape index (κ3) is 3.86. The van der Waals surface area contributed by atoms with Crippen LogP contribution in [0.1, 0.15) is 23.6 Å². The number of carbonyl (C=O) groups excluding carboxylic acids is 2. The van der Waals surface area contributed by atoms with Gasteiger partial charge in [0, 0.05) is 16.9 Å². The summed E-state index contributed by atoms with van der Waals surface area (Å²) in [7, 11) is 0. The minimum atomic E-state index is -0.376. The summed E-state index contributed by atoms with van der Waals surface area (Å²) in [4.78, 5) is 27.0. The van der Waals surface area contributed by atoms with Crippen LogP contribution >= 0.6 is 15.9 Å². The van der Waals surface area contributed by atoms with E-state index in [9.17, 15) is 9.59 Å². The zero-order chi connectivity index (χ0) is 21.5. The number of nitrogens with zero attached hydrogens (tertiary/aromatic N) is 2. The Balaban J connectivity index is 1.24. The summed E-state index contributed by atoms with van der Waals surface area (Å²) in [6, 6.07) is 11.1. The number of aryl methyl sites for hydroxylation is 1. The van der Waals surface area contributed by atoms with E-state index >= 15 is 0 Å². The van der Waals surface area contributed by atoms with Crippen LogP contribution in [0, 0.1) is 6.92 Å². The topological polar surface area (TPSA) is 83.1 Å². The molecule has 31 heavy (non-hydrogen) atoms. The van der Waals surface area contributed by atoms with Crippen molar-refractivity contribution in [3.63, 3.8) is 0 Å². The fraction of sp³-hybridized carbons (Fsp3) is 0.273. The second-order valence-corrected chi connectivity index (χ2v) is 8.60. The summed E-state index contributed by atoms with van der Waals surface area (Å²) < 4.78 is 11.6. The van der Waals surface area contributed by atoms with E-state index in [1.165, 1.54) is 4.90 Å². The highest BCUT2D eigenvalue weighted by molar-refractivity contribution is 9.10. The maximum absolute atomic E-state index is 13.0. The lowest BCUT2D eigenvalue weighted by atomic mass is 10.0. The Morgan fingerprint density at radius 1 is 1.19 bits per heavy atom. The third-order valence-electron chi connectivity index (χ3n) is 5.59. The Bertz CT molecular complexity index is 1090. The highest BCUT2D eigenvalue weighted by atomic mass is 79.9. The van der Waals surface area contributed by atoms with Crippen molar-refractivity contribution in [1.82, 2.24) is 15.3 Å². The van der Waals surface area contributed by atoms with E-state index in [0.29, 0.717) is 17.9 Å². The van der Waals surface area contributed by atoms with Crippen LogP contribution in [0.5, 0.6) is 11.5 Å². The van der Waals surface area contributed by atoms with Gasteiger partial charge in [0.1, 0.15) is 12.6 Å². The SMILES string of the molecule is Cc1ccc(NC(=O)CN2C=CN3NC(c4ccc5c(c4)OCO5)CC3C2=O)c(Br)c1. The first-order valence-corrected chi connectivity index (χ1v) is 10.8. The molecule has 0 aliphatic carbocycles. The van der Waals surface area contributed by atoms with Gasteiger partial charge in [0.05, 0.1) is 11.7 Å². The number of ether oxygens (including phenoxy) is 2. The molecule has 1 saturated heterocycles. The average molecular weight is 485 g/mol. The molecule has 2 atom stereocenters. The highest BCUT2D eigenvalue weighted by Gasteiger charge is 2.40. The van der Waals surface area contributed by atoms with Gasteiger partial charge in [-0.1, -0.05) is 12.1 Å². The standard InChI is InChI=1S/C22H21BrN4O4/c1-13-2-4-16(15(23)8-13)24-21(28)11-26-6-7-27-18(22(26)29)10-17(25-27)14-3-5-19-20(9-14)31-12-30-19/h2-9,17-18,25H,10-12H2,1H3,(H,24,28). The van der Waals surface area contributed by atoms with E-state index in [2.05, 4.69) is 26.7 Å². The summed E-state index contributed by atoms with van der Waals surface area (Å²) >= 11 is 3.46. The maximum Gasteiger partial charge on any atom is 0.251 e. The lowest BCUT2D eigenvalue weighted by Gasteiger charge is -2.31. The zero-order valence-electron chi connectivity index (χ0n) is 16.8. The molecule has 3 heterocycles. The number of rotatable bonds is 4. The van der Waals surface area contributed by atoms with Gasteiger partial charge in [-0.15, -0.1) is 0 Å². The second kappa shape index (κ2) is 7.90. The predicted octanol–water partition coefficient (Wildman–Crippen LogP) is 3.06. The molecule has 0 radical (unpaired) electrons. The van der Waals surface area contributed by atoms with E-state index in [1.807, 2.05) is 48.3 Å². The molecule has 2 aromatic rings. The van der Waals surface area contributed by atoms with Gasteiger partial charge in [0.15, 0.2) is 11.5 Å². The van der Waals surface area contributed by atoms with E-state index in [1.54, 1.807) is 12.4 Å². The number of hydrazine groups is 1. The number of amides is 2. The molecule has 2 unspecified atom stereocenters. The van der Waals surface area contributed by atoms with Crippen molar-refractivity contribution >= 4 is 33.4 Å². The first-order valence-electron chi connectivity index (χ1n) is 9.97. The molecule has 5 rings (SSSR count).